The highest BCUT2D eigenvalue weighted by atomic mass is 31.2. The highest BCUT2D eigenvalue weighted by molar-refractivity contribution is 7.46. The van der Waals surface area contributed by atoms with E-state index < -0.39 is 85.1 Å². The Morgan fingerprint density at radius 2 is 0.917 bits per heavy atom. The zero-order valence-electron chi connectivity index (χ0n) is 40.9. The van der Waals surface area contributed by atoms with Gasteiger partial charge in [0.25, 0.3) is 0 Å². The second-order valence-electron chi connectivity index (χ2n) is 15.3. The van der Waals surface area contributed by atoms with Crippen molar-refractivity contribution in [3.8, 4) is 0 Å². The first kappa shape index (κ1) is 65.9. The van der Waals surface area contributed by atoms with Gasteiger partial charge in [-0.15, -0.1) is 9.05 Å². The Bertz CT molecular complexity index is 2320. The van der Waals surface area contributed by atoms with Crippen LogP contribution in [0.25, 0.3) is 0 Å². The van der Waals surface area contributed by atoms with E-state index in [4.69, 9.17) is 9.05 Å². The van der Waals surface area contributed by atoms with Crippen molar-refractivity contribution in [3.63, 3.8) is 0 Å². The van der Waals surface area contributed by atoms with Crippen molar-refractivity contribution in [1.82, 2.24) is 25.3 Å². The van der Waals surface area contributed by atoms with Gasteiger partial charge in [0, 0.05) is 63.5 Å². The molecule has 2 N–H and O–H groups in total. The van der Waals surface area contributed by atoms with Crippen LogP contribution in [0.1, 0.15) is 96.8 Å². The van der Waals surface area contributed by atoms with E-state index in [1.807, 2.05) is 0 Å². The van der Waals surface area contributed by atoms with Crippen LogP contribution in [0.3, 0.4) is 0 Å². The van der Waals surface area contributed by atoms with Crippen molar-refractivity contribution < 1.29 is 71.4 Å². The van der Waals surface area contributed by atoms with Gasteiger partial charge in [-0.3, -0.25) is 28.9 Å². The first-order valence-electron chi connectivity index (χ1n) is 23.4. The van der Waals surface area contributed by atoms with Crippen molar-refractivity contribution >= 4 is 45.8 Å². The smallest absolute Gasteiger partial charge is 0.697 e. The molecule has 0 fully saturated rings. The third kappa shape index (κ3) is 46.3. The molecule has 2 atom stereocenters. The number of unbranched alkanes of at least 4 members (excludes halogenated alkanes) is 13. The molecule has 22 heteroatoms. The molecule has 0 saturated heterocycles. The fraction of sp³-hybridized carbons (Fsp3) is 0.580. The van der Waals surface area contributed by atoms with Crippen LogP contribution in [-0.4, -0.2) is 136 Å². The van der Waals surface area contributed by atoms with Crippen LogP contribution < -0.4 is 30.8 Å². The van der Waals surface area contributed by atoms with E-state index in [0.29, 0.717) is 6.26 Å². The molecule has 0 aliphatic heterocycles. The Labute approximate surface area is 423 Å². The van der Waals surface area contributed by atoms with Crippen LogP contribution in [-0.2, 0) is 51.2 Å². The molecule has 0 aromatic rings. The molecular weight excluding hydrogens is 973 g/mol. The maximum absolute atomic E-state index is 12.6. The third-order valence-electron chi connectivity index (χ3n) is 9.34. The normalized spacial score (nSPS) is 11.0. The second kappa shape index (κ2) is 46.0. The molecule has 0 aromatic carbocycles. The molecule has 20 nitrogen and oxygen atoms in total. The fourth-order valence-electron chi connectivity index (χ4n) is 6.00. The number of nitrogens with one attached hydrogen (secondary N) is 2. The molecule has 0 radical (unpaired) electrons. The third-order valence-corrected chi connectivity index (χ3v) is 11.0. The molecule has 0 heterocycles. The lowest BCUT2D eigenvalue weighted by atomic mass is 10.0. The number of phosphoric acid groups is 1. The average Bonchev–Trinajstić information content (AvgIpc) is 3.32. The predicted molar refractivity (Wildman–Crippen MR) is 254 cm³/mol. The molecule has 0 rings (SSSR count). The molecule has 0 aliphatic carbocycles. The Morgan fingerprint density at radius 1 is 0.542 bits per heavy atom. The monoisotopic (exact) mass is 1040 g/mol. The highest BCUT2D eigenvalue weighted by Gasteiger charge is 2.21. The van der Waals surface area contributed by atoms with Crippen molar-refractivity contribution in [3.05, 3.63) is 93.1 Å². The lowest BCUT2D eigenvalue weighted by Gasteiger charge is -2.30. The summed E-state index contributed by atoms with van der Waals surface area (Å²) in [4.78, 5) is 75.1. The lowest BCUT2D eigenvalue weighted by Crippen LogP contribution is -2.50. The second-order valence-corrected chi connectivity index (χ2v) is 17.7. The molecule has 2 unspecified atom stereocenters. The zero-order valence-corrected chi connectivity index (χ0v) is 42.7. The van der Waals surface area contributed by atoms with Gasteiger partial charge in [0.1, 0.15) is 19.5 Å². The van der Waals surface area contributed by atoms with E-state index in [1.165, 1.54) is 74.0 Å². The highest BCUT2D eigenvalue weighted by Crippen LogP contribution is 2.37. The summed E-state index contributed by atoms with van der Waals surface area (Å²) in [6.45, 7) is 0.877. The summed E-state index contributed by atoms with van der Waals surface area (Å²) in [5.74, 6) is -5.97. The largest absolute Gasteiger partial charge is 0.746 e. The molecule has 0 saturated carbocycles. The molecule has 2 amide bonds. The molecule has 0 aliphatic rings. The van der Waals surface area contributed by atoms with E-state index in [9.17, 15) is 53.3 Å². The lowest BCUT2D eigenvalue weighted by molar-refractivity contribution is -0.308. The van der Waals surface area contributed by atoms with Crippen molar-refractivity contribution in [2.75, 3.05) is 91.8 Å². The van der Waals surface area contributed by atoms with Crippen LogP contribution in [0.4, 0.5) is 0 Å². The van der Waals surface area contributed by atoms with Crippen LogP contribution in [0.15, 0.2) is 93.1 Å². The molecule has 72 heavy (non-hydrogen) atoms. The number of nitrogens with zero attached hydrogens (tertiary/aromatic N) is 3. The number of hydrogen-bond acceptors (Lipinski definition) is 18. The standard InChI is InChI=1S/C50H67N5O15P2/c1-3-5-7-9-11-13-15-17-19-21-23-25-27-29-37-67-71(64)68-39-31-51-46(56)41-54(44-49(60)61)35-33-53(43-48(58)59)34-36-55(45-50(62)63)42-47(57)52-32-40-70-72(65,66)69-38-30-28-26-24-22-20-18-16-14-12-10-8-6-4-2/h38H,2-3,5,7,9,11,13,15,17,19,21,23,25,27,29,31-37,39-45H2,1H3,(H5-,51,52,56,57,58,59,60,61,62,63,65,66)/p-3. The Kier molecular flexibility index (Phi) is 42.0. The summed E-state index contributed by atoms with van der Waals surface area (Å²) in [6.07, 6.45) is 17.5. The number of carbonyl (C=O) groups excluding carboxylic acids is 5. The average molecular weight is 1040 g/mol. The first-order chi connectivity index (χ1) is 34.7. The minimum atomic E-state index is -4.89. The van der Waals surface area contributed by atoms with Gasteiger partial charge in [-0.1, -0.05) is 96.1 Å². The maximum Gasteiger partial charge on any atom is 0.697 e. The summed E-state index contributed by atoms with van der Waals surface area (Å²) in [6, 6.07) is 0. The fourth-order valence-corrected chi connectivity index (χ4v) is 7.16. The van der Waals surface area contributed by atoms with Crippen LogP contribution in [0.2, 0.25) is 0 Å². The quantitative estimate of drug-likeness (QED) is 0.0378. The van der Waals surface area contributed by atoms with Crippen molar-refractivity contribution in [1.29, 1.82) is 0 Å². The van der Waals surface area contributed by atoms with E-state index >= 15 is 0 Å². The zero-order chi connectivity index (χ0) is 53.3. The number of carboxylic acid groups (broad SMARTS) is 3. The molecular formula is C50H64N5O15P2-3. The van der Waals surface area contributed by atoms with Gasteiger partial charge in [-0.2, -0.15) is 0 Å². The van der Waals surface area contributed by atoms with Gasteiger partial charge in [0.2, 0.25) is 11.8 Å². The van der Waals surface area contributed by atoms with Gasteiger partial charge < -0.3 is 54.3 Å². The number of amides is 2. The van der Waals surface area contributed by atoms with Crippen molar-refractivity contribution in [2.24, 2.45) is 0 Å². The molecule has 392 valence electrons. The Balaban J connectivity index is 4.84. The molecule has 0 spiro atoms. The summed E-state index contributed by atoms with van der Waals surface area (Å²) in [5.41, 5.74) is 33.1. The molecule has 0 aromatic heterocycles. The number of rotatable bonds is 42. The van der Waals surface area contributed by atoms with Gasteiger partial charge in [-0.05, 0) is 87.5 Å². The number of carboxylic acids is 3. The van der Waals surface area contributed by atoms with E-state index in [2.05, 4.69) is 113 Å². The SMILES string of the molecule is C=C=C=C=C=C=C=C=C=C=C=C=C=C=C=COP(=O)([O-])OCCNC(=O)CN(CCN(CCN(CC(=O)[O-])CC(=O)NCCO[P+](=O)OCCCCCCCCCCCCCCCC)CC(=O)[O-])CC(=O)[O-]. The summed E-state index contributed by atoms with van der Waals surface area (Å²) in [5, 5.41) is 39.3. The van der Waals surface area contributed by atoms with Gasteiger partial charge >= 0.3 is 16.1 Å². The number of phosphoric ester groups is 1. The van der Waals surface area contributed by atoms with Crippen LogP contribution in [0, 0.1) is 0 Å². The minimum Gasteiger partial charge on any atom is -0.746 e. The topological polar surface area (TPSA) is 282 Å². The Morgan fingerprint density at radius 3 is 1.36 bits per heavy atom. The van der Waals surface area contributed by atoms with Crippen LogP contribution in [0.5, 0.6) is 0 Å². The Hall–Kier alpha value is -6.14. The maximum atomic E-state index is 12.6. The summed E-state index contributed by atoms with van der Waals surface area (Å²) < 4.78 is 43.5. The van der Waals surface area contributed by atoms with E-state index in [1.54, 1.807) is 0 Å². The van der Waals surface area contributed by atoms with Gasteiger partial charge in [-0.25, -0.2) is 0 Å². The van der Waals surface area contributed by atoms with Gasteiger partial charge in [0.15, 0.2) is 0 Å². The number of aliphatic carboxylic acids is 3. The summed E-state index contributed by atoms with van der Waals surface area (Å²) >= 11 is 0. The first-order valence-corrected chi connectivity index (χ1v) is 26.0. The molecule has 0 bridgehead atoms. The van der Waals surface area contributed by atoms with E-state index in [0.717, 1.165) is 30.6 Å². The number of carbonyl (C=O) groups is 5. The van der Waals surface area contributed by atoms with E-state index in [-0.39, 0.29) is 52.5 Å². The predicted octanol–water partition coefficient (Wildman–Crippen LogP) is 1.36. The van der Waals surface area contributed by atoms with Gasteiger partial charge in [0.05, 0.1) is 37.6 Å². The van der Waals surface area contributed by atoms with Crippen LogP contribution >= 0.6 is 16.1 Å². The number of hydrogen-bond donors (Lipinski definition) is 2. The minimum absolute atomic E-state index is 0.0631. The summed E-state index contributed by atoms with van der Waals surface area (Å²) in [7, 11) is -7.29. The van der Waals surface area contributed by atoms with Crippen molar-refractivity contribution in [2.45, 2.75) is 96.8 Å².